The predicted octanol–water partition coefficient (Wildman–Crippen LogP) is 3.30. The van der Waals surface area contributed by atoms with E-state index in [1.807, 2.05) is 30.3 Å². The zero-order valence-electron chi connectivity index (χ0n) is 16.9. The molecule has 3 aromatic carbocycles. The zero-order chi connectivity index (χ0) is 22.3. The molecular weight excluding hydrogens is 416 g/mol. The average Bonchev–Trinajstić information content (AvgIpc) is 2.78. The summed E-state index contributed by atoms with van der Waals surface area (Å²) in [5.74, 6) is -1.07. The molecule has 0 saturated heterocycles. The maximum Gasteiger partial charge on any atom is 0.338 e. The minimum absolute atomic E-state index is 0.107. The molecule has 0 heterocycles. The van der Waals surface area contributed by atoms with Crippen LogP contribution in [0, 0.1) is 0 Å². The molecule has 0 spiro atoms. The normalized spacial score (nSPS) is 10.9. The van der Waals surface area contributed by atoms with Gasteiger partial charge < -0.3 is 9.64 Å². The second kappa shape index (κ2) is 9.90. The molecule has 0 aliphatic rings. The molecule has 0 bridgehead atoms. The lowest BCUT2D eigenvalue weighted by molar-refractivity contribution is -0.133. The van der Waals surface area contributed by atoms with Crippen molar-refractivity contribution in [1.82, 2.24) is 4.90 Å². The van der Waals surface area contributed by atoms with Crippen molar-refractivity contribution in [3.05, 3.63) is 96.1 Å². The maximum atomic E-state index is 12.4. The van der Waals surface area contributed by atoms with Gasteiger partial charge in [-0.1, -0.05) is 54.6 Å². The largest absolute Gasteiger partial charge is 0.452 e. The standard InChI is InChI=1S/C23H22N2O5S/c1-25(16-18-9-4-2-5-10-18)22(26)17-30-23(27)19-11-8-12-20(15-19)24-31(28,29)21-13-6-3-7-14-21/h2-15,24H,16-17H2,1H3. The van der Waals surface area contributed by atoms with Gasteiger partial charge in [0, 0.05) is 19.3 Å². The van der Waals surface area contributed by atoms with Crippen LogP contribution in [0.25, 0.3) is 0 Å². The molecule has 0 aliphatic carbocycles. The van der Waals surface area contributed by atoms with Crippen LogP contribution in [-0.4, -0.2) is 38.8 Å². The van der Waals surface area contributed by atoms with Gasteiger partial charge in [0.1, 0.15) is 0 Å². The first kappa shape index (κ1) is 22.0. The number of carbonyl (C=O) groups is 2. The molecule has 0 fully saturated rings. The van der Waals surface area contributed by atoms with Gasteiger partial charge >= 0.3 is 5.97 Å². The van der Waals surface area contributed by atoms with E-state index in [2.05, 4.69) is 4.72 Å². The fourth-order valence-corrected chi connectivity index (χ4v) is 3.86. The van der Waals surface area contributed by atoms with Gasteiger partial charge in [-0.05, 0) is 35.9 Å². The maximum absolute atomic E-state index is 12.4. The highest BCUT2D eigenvalue weighted by Gasteiger charge is 2.17. The fraction of sp³-hybridized carbons (Fsp3) is 0.130. The van der Waals surface area contributed by atoms with Crippen LogP contribution in [0.1, 0.15) is 15.9 Å². The van der Waals surface area contributed by atoms with E-state index in [1.165, 1.54) is 41.3 Å². The lowest BCUT2D eigenvalue weighted by Crippen LogP contribution is -2.30. The summed E-state index contributed by atoms with van der Waals surface area (Å²) >= 11 is 0. The Kier molecular flexibility index (Phi) is 7.04. The number of nitrogens with zero attached hydrogens (tertiary/aromatic N) is 1. The van der Waals surface area contributed by atoms with Crippen LogP contribution in [0.2, 0.25) is 0 Å². The number of hydrogen-bond acceptors (Lipinski definition) is 5. The fourth-order valence-electron chi connectivity index (χ4n) is 2.79. The number of rotatable bonds is 8. The molecule has 0 aliphatic heterocycles. The van der Waals surface area contributed by atoms with Crippen LogP contribution in [0.5, 0.6) is 0 Å². The number of likely N-dealkylation sites (N-methyl/N-ethyl adjacent to an activating group) is 1. The van der Waals surface area contributed by atoms with Crippen molar-refractivity contribution in [2.75, 3.05) is 18.4 Å². The van der Waals surface area contributed by atoms with E-state index in [0.29, 0.717) is 6.54 Å². The lowest BCUT2D eigenvalue weighted by Gasteiger charge is -2.17. The molecule has 160 valence electrons. The number of sulfonamides is 1. The minimum Gasteiger partial charge on any atom is -0.452 e. The monoisotopic (exact) mass is 438 g/mol. The van der Waals surface area contributed by atoms with E-state index in [9.17, 15) is 18.0 Å². The van der Waals surface area contributed by atoms with E-state index in [4.69, 9.17) is 4.74 Å². The Labute approximate surface area is 181 Å². The third-order valence-electron chi connectivity index (χ3n) is 4.42. The van der Waals surface area contributed by atoms with Crippen molar-refractivity contribution in [3.8, 4) is 0 Å². The summed E-state index contributed by atoms with van der Waals surface area (Å²) in [6, 6.07) is 23.3. The van der Waals surface area contributed by atoms with Crippen LogP contribution in [0.4, 0.5) is 5.69 Å². The highest BCUT2D eigenvalue weighted by Crippen LogP contribution is 2.17. The van der Waals surface area contributed by atoms with Crippen LogP contribution in [0.3, 0.4) is 0 Å². The smallest absolute Gasteiger partial charge is 0.338 e. The van der Waals surface area contributed by atoms with Gasteiger partial charge in [-0.25, -0.2) is 13.2 Å². The van der Waals surface area contributed by atoms with E-state index in [1.54, 1.807) is 25.2 Å². The Morgan fingerprint density at radius 3 is 2.23 bits per heavy atom. The molecule has 3 rings (SSSR count). The molecule has 7 nitrogen and oxygen atoms in total. The van der Waals surface area contributed by atoms with E-state index < -0.39 is 22.6 Å². The van der Waals surface area contributed by atoms with Gasteiger partial charge in [-0.15, -0.1) is 0 Å². The summed E-state index contributed by atoms with van der Waals surface area (Å²) in [6.07, 6.45) is 0. The first-order chi connectivity index (χ1) is 14.8. The Bertz CT molecular complexity index is 1150. The predicted molar refractivity (Wildman–Crippen MR) is 117 cm³/mol. The number of esters is 1. The van der Waals surface area contributed by atoms with Crippen LogP contribution < -0.4 is 4.72 Å². The summed E-state index contributed by atoms with van der Waals surface area (Å²) < 4.78 is 32.4. The van der Waals surface area contributed by atoms with E-state index in [-0.39, 0.29) is 22.1 Å². The number of nitrogens with one attached hydrogen (secondary N) is 1. The SMILES string of the molecule is CN(Cc1ccccc1)C(=O)COC(=O)c1cccc(NS(=O)(=O)c2ccccc2)c1. The molecule has 0 atom stereocenters. The molecule has 0 radical (unpaired) electrons. The van der Waals surface area contributed by atoms with Gasteiger partial charge in [0.15, 0.2) is 6.61 Å². The van der Waals surface area contributed by atoms with Crippen LogP contribution in [0.15, 0.2) is 89.8 Å². The number of ether oxygens (including phenoxy) is 1. The van der Waals surface area contributed by atoms with Crippen molar-refractivity contribution in [1.29, 1.82) is 0 Å². The minimum atomic E-state index is -3.79. The highest BCUT2D eigenvalue weighted by atomic mass is 32.2. The quantitative estimate of drug-likeness (QED) is 0.545. The molecule has 0 saturated carbocycles. The van der Waals surface area contributed by atoms with Gasteiger partial charge in [0.2, 0.25) is 0 Å². The van der Waals surface area contributed by atoms with Crippen molar-refractivity contribution < 1.29 is 22.7 Å². The Balaban J connectivity index is 1.59. The van der Waals surface area contributed by atoms with Crippen LogP contribution in [-0.2, 0) is 26.1 Å². The Hall–Kier alpha value is -3.65. The van der Waals surface area contributed by atoms with Gasteiger partial charge in [-0.2, -0.15) is 0 Å². The first-order valence-electron chi connectivity index (χ1n) is 9.48. The highest BCUT2D eigenvalue weighted by molar-refractivity contribution is 7.92. The molecular formula is C23H22N2O5S. The molecule has 3 aromatic rings. The summed E-state index contributed by atoms with van der Waals surface area (Å²) in [7, 11) is -2.16. The summed E-state index contributed by atoms with van der Waals surface area (Å²) in [5.41, 5.74) is 1.31. The summed E-state index contributed by atoms with van der Waals surface area (Å²) in [6.45, 7) is -0.0177. The lowest BCUT2D eigenvalue weighted by atomic mass is 10.2. The molecule has 31 heavy (non-hydrogen) atoms. The van der Waals surface area contributed by atoms with Crippen molar-refractivity contribution in [2.24, 2.45) is 0 Å². The van der Waals surface area contributed by atoms with Crippen molar-refractivity contribution >= 4 is 27.6 Å². The van der Waals surface area contributed by atoms with Gasteiger partial charge in [0.05, 0.1) is 10.5 Å². The van der Waals surface area contributed by atoms with Crippen LogP contribution >= 0.6 is 0 Å². The van der Waals surface area contributed by atoms with Gasteiger partial charge in [-0.3, -0.25) is 9.52 Å². The third-order valence-corrected chi connectivity index (χ3v) is 5.82. The number of amides is 1. The molecule has 0 aromatic heterocycles. The topological polar surface area (TPSA) is 92.8 Å². The molecule has 1 amide bonds. The number of carbonyl (C=O) groups excluding carboxylic acids is 2. The Morgan fingerprint density at radius 1 is 0.903 bits per heavy atom. The van der Waals surface area contributed by atoms with E-state index in [0.717, 1.165) is 5.56 Å². The molecule has 0 unspecified atom stereocenters. The number of anilines is 1. The first-order valence-corrected chi connectivity index (χ1v) is 11.0. The summed E-state index contributed by atoms with van der Waals surface area (Å²) in [5, 5.41) is 0. The Morgan fingerprint density at radius 2 is 1.55 bits per heavy atom. The van der Waals surface area contributed by atoms with Gasteiger partial charge in [0.25, 0.3) is 15.9 Å². The molecule has 1 N–H and O–H groups in total. The second-order valence-corrected chi connectivity index (χ2v) is 8.49. The van der Waals surface area contributed by atoms with E-state index >= 15 is 0 Å². The molecule has 8 heteroatoms. The van der Waals surface area contributed by atoms with Crippen molar-refractivity contribution in [2.45, 2.75) is 11.4 Å². The van der Waals surface area contributed by atoms with Crippen molar-refractivity contribution in [3.63, 3.8) is 0 Å². The second-order valence-electron chi connectivity index (χ2n) is 6.81. The average molecular weight is 439 g/mol. The number of benzene rings is 3. The number of hydrogen-bond donors (Lipinski definition) is 1. The zero-order valence-corrected chi connectivity index (χ0v) is 17.7. The third kappa shape index (κ3) is 6.16. The summed E-state index contributed by atoms with van der Waals surface area (Å²) in [4.78, 5) is 26.2.